The number of fused-ring (bicyclic) bond motifs is 2. The van der Waals surface area contributed by atoms with Gasteiger partial charge in [-0.3, -0.25) is 9.59 Å². The molecular weight excluding hydrogens is 340 g/mol. The molecule has 27 heavy (non-hydrogen) atoms. The van der Waals surface area contributed by atoms with Gasteiger partial charge in [-0.2, -0.15) is 0 Å². The third-order valence-corrected chi connectivity index (χ3v) is 5.62. The number of carbonyl (C=O) groups excluding carboxylic acids is 2. The van der Waals surface area contributed by atoms with Crippen LogP contribution in [0.15, 0.2) is 54.6 Å². The minimum Gasteiger partial charge on any atom is -0.352 e. The lowest BCUT2D eigenvalue weighted by Gasteiger charge is -2.39. The lowest BCUT2D eigenvalue weighted by Crippen LogP contribution is -2.45. The first-order valence-electron chi connectivity index (χ1n) is 9.34. The Balaban J connectivity index is 1.56. The number of amides is 2. The second-order valence-corrected chi connectivity index (χ2v) is 7.47. The normalized spacial score (nSPS) is 20.4. The molecule has 0 saturated carbocycles. The van der Waals surface area contributed by atoms with Gasteiger partial charge in [-0.1, -0.05) is 42.5 Å². The molecule has 2 heterocycles. The van der Waals surface area contributed by atoms with Crippen molar-refractivity contribution in [3.63, 3.8) is 0 Å². The van der Waals surface area contributed by atoms with Gasteiger partial charge in [-0.25, -0.2) is 0 Å². The largest absolute Gasteiger partial charge is 0.352 e. The van der Waals surface area contributed by atoms with E-state index < -0.39 is 11.7 Å². The van der Waals surface area contributed by atoms with Crippen LogP contribution in [0.1, 0.15) is 40.4 Å². The van der Waals surface area contributed by atoms with Crippen molar-refractivity contribution in [3.05, 3.63) is 71.3 Å². The monoisotopic (exact) mass is 364 g/mol. The third-order valence-electron chi connectivity index (χ3n) is 5.62. The fourth-order valence-electron chi connectivity index (χ4n) is 4.13. The Kier molecular flexibility index (Phi) is 4.48. The van der Waals surface area contributed by atoms with Gasteiger partial charge >= 0.3 is 0 Å². The SMILES string of the molecule is CN(C)C(=O)[C@H]1OC2(CCN(C(=O)c3ccccc3)CC2)c2ccccc21. The summed E-state index contributed by atoms with van der Waals surface area (Å²) in [7, 11) is 3.50. The number of nitrogens with zero attached hydrogens (tertiary/aromatic N) is 2. The highest BCUT2D eigenvalue weighted by Gasteiger charge is 2.49. The van der Waals surface area contributed by atoms with E-state index in [-0.39, 0.29) is 11.8 Å². The van der Waals surface area contributed by atoms with E-state index in [9.17, 15) is 9.59 Å². The molecule has 2 aromatic carbocycles. The summed E-state index contributed by atoms with van der Waals surface area (Å²) in [4.78, 5) is 28.8. The Labute approximate surface area is 159 Å². The Morgan fingerprint density at radius 3 is 2.30 bits per heavy atom. The molecule has 4 rings (SSSR count). The van der Waals surface area contributed by atoms with E-state index in [1.807, 2.05) is 53.4 Å². The van der Waals surface area contributed by atoms with E-state index in [1.54, 1.807) is 19.0 Å². The minimum atomic E-state index is -0.562. The number of ether oxygens (including phenoxy) is 1. The van der Waals surface area contributed by atoms with Gasteiger partial charge < -0.3 is 14.5 Å². The van der Waals surface area contributed by atoms with E-state index >= 15 is 0 Å². The molecule has 2 aliphatic heterocycles. The van der Waals surface area contributed by atoms with Gasteiger partial charge in [0.2, 0.25) is 0 Å². The molecule has 0 N–H and O–H groups in total. The Morgan fingerprint density at radius 1 is 1.00 bits per heavy atom. The first kappa shape index (κ1) is 17.7. The highest BCUT2D eigenvalue weighted by atomic mass is 16.5. The number of hydrogen-bond donors (Lipinski definition) is 0. The molecule has 2 aliphatic rings. The van der Waals surface area contributed by atoms with E-state index in [1.165, 1.54) is 0 Å². The molecular formula is C22H24N2O3. The van der Waals surface area contributed by atoms with Crippen LogP contribution in [-0.2, 0) is 15.1 Å². The molecule has 0 unspecified atom stereocenters. The van der Waals surface area contributed by atoms with Crippen LogP contribution in [-0.4, -0.2) is 48.8 Å². The van der Waals surface area contributed by atoms with Crippen LogP contribution >= 0.6 is 0 Å². The third kappa shape index (κ3) is 3.02. The number of hydrogen-bond acceptors (Lipinski definition) is 3. The van der Waals surface area contributed by atoms with Gasteiger partial charge in [0.15, 0.2) is 6.10 Å². The summed E-state index contributed by atoms with van der Waals surface area (Å²) in [5, 5.41) is 0. The van der Waals surface area contributed by atoms with E-state index in [0.717, 1.165) is 11.1 Å². The summed E-state index contributed by atoms with van der Waals surface area (Å²) in [5.74, 6) is 0.0137. The summed E-state index contributed by atoms with van der Waals surface area (Å²) in [5.41, 5.74) is 2.28. The molecule has 5 nitrogen and oxygen atoms in total. The van der Waals surface area contributed by atoms with Crippen LogP contribution in [0.5, 0.6) is 0 Å². The van der Waals surface area contributed by atoms with Crippen molar-refractivity contribution < 1.29 is 14.3 Å². The summed E-state index contributed by atoms with van der Waals surface area (Å²) in [6.07, 6.45) is 0.826. The van der Waals surface area contributed by atoms with Crippen LogP contribution in [0.4, 0.5) is 0 Å². The molecule has 1 atom stereocenters. The van der Waals surface area contributed by atoms with Gasteiger partial charge in [0, 0.05) is 32.7 Å². The molecule has 2 aromatic rings. The quantitative estimate of drug-likeness (QED) is 0.823. The zero-order valence-electron chi connectivity index (χ0n) is 15.7. The average Bonchev–Trinajstić information content (AvgIpc) is 3.02. The molecule has 2 amide bonds. The van der Waals surface area contributed by atoms with Crippen molar-refractivity contribution in [2.75, 3.05) is 27.2 Å². The fourth-order valence-corrected chi connectivity index (χ4v) is 4.13. The number of likely N-dealkylation sites (tertiary alicyclic amines) is 1. The summed E-state index contributed by atoms with van der Waals surface area (Å²) in [6.45, 7) is 1.23. The Morgan fingerprint density at radius 2 is 1.63 bits per heavy atom. The van der Waals surface area contributed by atoms with Gasteiger partial charge in [0.25, 0.3) is 11.8 Å². The van der Waals surface area contributed by atoms with Gasteiger partial charge in [-0.05, 0) is 36.1 Å². The Hall–Kier alpha value is -2.66. The fraction of sp³-hybridized carbons (Fsp3) is 0.364. The molecule has 0 bridgehead atoms. The van der Waals surface area contributed by atoms with Crippen molar-refractivity contribution in [2.45, 2.75) is 24.5 Å². The smallest absolute Gasteiger partial charge is 0.255 e. The van der Waals surface area contributed by atoms with Crippen LogP contribution in [0.3, 0.4) is 0 Å². The number of carbonyl (C=O) groups is 2. The zero-order valence-corrected chi connectivity index (χ0v) is 15.7. The first-order chi connectivity index (χ1) is 13.0. The highest BCUT2D eigenvalue weighted by Crippen LogP contribution is 2.49. The van der Waals surface area contributed by atoms with Gasteiger partial charge in [-0.15, -0.1) is 0 Å². The maximum Gasteiger partial charge on any atom is 0.255 e. The molecule has 0 aliphatic carbocycles. The first-order valence-corrected chi connectivity index (χ1v) is 9.34. The van der Waals surface area contributed by atoms with Crippen molar-refractivity contribution in [1.29, 1.82) is 0 Å². The maximum atomic E-state index is 12.7. The van der Waals surface area contributed by atoms with Crippen LogP contribution in [0.25, 0.3) is 0 Å². The highest BCUT2D eigenvalue weighted by molar-refractivity contribution is 5.94. The topological polar surface area (TPSA) is 49.9 Å². The van der Waals surface area contributed by atoms with E-state index in [0.29, 0.717) is 31.5 Å². The molecule has 1 spiro atoms. The van der Waals surface area contributed by atoms with E-state index in [4.69, 9.17) is 4.74 Å². The summed E-state index contributed by atoms with van der Waals surface area (Å²) >= 11 is 0. The number of benzene rings is 2. The van der Waals surface area contributed by atoms with Crippen molar-refractivity contribution >= 4 is 11.8 Å². The van der Waals surface area contributed by atoms with E-state index in [2.05, 4.69) is 6.07 Å². The van der Waals surface area contributed by atoms with Crippen LogP contribution in [0.2, 0.25) is 0 Å². The number of rotatable bonds is 2. The predicted octanol–water partition coefficient (Wildman–Crippen LogP) is 2.98. The van der Waals surface area contributed by atoms with Crippen LogP contribution < -0.4 is 0 Å². The second kappa shape index (κ2) is 6.82. The maximum absolute atomic E-state index is 12.7. The molecule has 1 fully saturated rings. The lowest BCUT2D eigenvalue weighted by atomic mass is 9.83. The van der Waals surface area contributed by atoms with Crippen molar-refractivity contribution in [3.8, 4) is 0 Å². The molecule has 0 aromatic heterocycles. The minimum absolute atomic E-state index is 0.0397. The zero-order chi connectivity index (χ0) is 19.0. The Bertz CT molecular complexity index is 855. The van der Waals surface area contributed by atoms with Gasteiger partial charge in [0.1, 0.15) is 0 Å². The average molecular weight is 364 g/mol. The molecule has 1 saturated heterocycles. The van der Waals surface area contributed by atoms with Crippen LogP contribution in [0, 0.1) is 0 Å². The predicted molar refractivity (Wildman–Crippen MR) is 102 cm³/mol. The summed E-state index contributed by atoms with van der Waals surface area (Å²) < 4.78 is 6.39. The summed E-state index contributed by atoms with van der Waals surface area (Å²) in [6, 6.07) is 17.4. The number of likely N-dealkylation sites (N-methyl/N-ethyl adjacent to an activating group) is 1. The lowest BCUT2D eigenvalue weighted by molar-refractivity contribution is -0.157. The van der Waals surface area contributed by atoms with Gasteiger partial charge in [0.05, 0.1) is 5.60 Å². The second-order valence-electron chi connectivity index (χ2n) is 7.47. The van der Waals surface area contributed by atoms with Crippen molar-refractivity contribution in [1.82, 2.24) is 9.80 Å². The standard InChI is InChI=1S/C22H24N2O3/c1-23(2)21(26)19-17-10-6-7-11-18(17)22(27-19)12-14-24(15-13-22)20(25)16-8-4-3-5-9-16/h3-11,19H,12-15H2,1-2H3/t19-/m0/s1. The molecule has 0 radical (unpaired) electrons. The molecule has 5 heteroatoms. The number of piperidine rings is 1. The molecule has 140 valence electrons. The van der Waals surface area contributed by atoms with Crippen molar-refractivity contribution in [2.24, 2.45) is 0 Å².